The Kier molecular flexibility index (Phi) is 9.94. The summed E-state index contributed by atoms with van der Waals surface area (Å²) in [6.07, 6.45) is 14.2. The second-order valence-electron chi connectivity index (χ2n) is 5.90. The van der Waals surface area contributed by atoms with E-state index in [1.54, 1.807) is 0 Å². The molecule has 1 saturated heterocycles. The molecule has 1 heterocycles. The van der Waals surface area contributed by atoms with Crippen LogP contribution in [0.4, 0.5) is 4.79 Å². The SMILES string of the molecule is C#CCOC(=O)N1CCCC1C(=O)OCCCCCCCCC. The summed E-state index contributed by atoms with van der Waals surface area (Å²) < 4.78 is 10.2. The fraction of sp³-hybridized carbons (Fsp3) is 0.778. The summed E-state index contributed by atoms with van der Waals surface area (Å²) >= 11 is 0. The van der Waals surface area contributed by atoms with Crippen molar-refractivity contribution in [3.05, 3.63) is 0 Å². The lowest BCUT2D eigenvalue weighted by Gasteiger charge is -2.22. The summed E-state index contributed by atoms with van der Waals surface area (Å²) in [6.45, 7) is 3.07. The van der Waals surface area contributed by atoms with Crippen molar-refractivity contribution >= 4 is 12.1 Å². The van der Waals surface area contributed by atoms with Crippen LogP contribution in [-0.4, -0.2) is 42.8 Å². The van der Waals surface area contributed by atoms with Crippen LogP contribution >= 0.6 is 0 Å². The highest BCUT2D eigenvalue weighted by atomic mass is 16.6. The van der Waals surface area contributed by atoms with Gasteiger partial charge >= 0.3 is 12.1 Å². The number of unbranched alkanes of at least 4 members (excludes halogenated alkanes) is 6. The molecule has 0 aromatic rings. The van der Waals surface area contributed by atoms with Crippen LogP contribution in [0.1, 0.15) is 64.7 Å². The molecule has 0 aromatic heterocycles. The van der Waals surface area contributed by atoms with Gasteiger partial charge in [0, 0.05) is 6.54 Å². The number of carbonyl (C=O) groups is 2. The van der Waals surface area contributed by atoms with Crippen molar-refractivity contribution in [3.8, 4) is 12.3 Å². The molecule has 0 bridgehead atoms. The average Bonchev–Trinajstić information content (AvgIpc) is 3.04. The van der Waals surface area contributed by atoms with Gasteiger partial charge in [0.15, 0.2) is 6.61 Å². The first-order valence-corrected chi connectivity index (χ1v) is 8.74. The van der Waals surface area contributed by atoms with E-state index in [4.69, 9.17) is 15.9 Å². The number of nitrogens with zero attached hydrogens (tertiary/aromatic N) is 1. The third-order valence-electron chi connectivity index (χ3n) is 4.03. The maximum Gasteiger partial charge on any atom is 0.411 e. The van der Waals surface area contributed by atoms with Crippen LogP contribution in [0.2, 0.25) is 0 Å². The van der Waals surface area contributed by atoms with Crippen LogP contribution < -0.4 is 0 Å². The van der Waals surface area contributed by atoms with Crippen molar-refractivity contribution in [3.63, 3.8) is 0 Å². The Hall–Kier alpha value is -1.70. The first-order chi connectivity index (χ1) is 11.2. The number of rotatable bonds is 10. The molecule has 1 aliphatic heterocycles. The maximum absolute atomic E-state index is 12.1. The summed E-state index contributed by atoms with van der Waals surface area (Å²) in [5, 5.41) is 0. The number of terminal acetylenes is 1. The van der Waals surface area contributed by atoms with Crippen LogP contribution in [0.15, 0.2) is 0 Å². The molecule has 0 aliphatic carbocycles. The largest absolute Gasteiger partial charge is 0.464 e. The van der Waals surface area contributed by atoms with Gasteiger partial charge in [-0.05, 0) is 19.3 Å². The molecule has 130 valence electrons. The van der Waals surface area contributed by atoms with Crippen LogP contribution in [0.3, 0.4) is 0 Å². The first-order valence-electron chi connectivity index (χ1n) is 8.74. The molecule has 1 aliphatic rings. The lowest BCUT2D eigenvalue weighted by Crippen LogP contribution is -2.41. The van der Waals surface area contributed by atoms with E-state index in [-0.39, 0.29) is 12.6 Å². The zero-order valence-electron chi connectivity index (χ0n) is 14.2. The minimum atomic E-state index is -0.529. The predicted octanol–water partition coefficient (Wildman–Crippen LogP) is 3.51. The molecular formula is C18H29NO4. The number of hydrogen-bond acceptors (Lipinski definition) is 4. The summed E-state index contributed by atoms with van der Waals surface area (Å²) in [5.41, 5.74) is 0. The quantitative estimate of drug-likeness (QED) is 0.351. The fourth-order valence-corrected chi connectivity index (χ4v) is 2.74. The average molecular weight is 323 g/mol. The first kappa shape index (κ1) is 19.3. The van der Waals surface area contributed by atoms with Gasteiger partial charge in [-0.2, -0.15) is 0 Å². The molecule has 1 amide bonds. The van der Waals surface area contributed by atoms with E-state index in [0.717, 1.165) is 19.3 Å². The summed E-state index contributed by atoms with van der Waals surface area (Å²) in [4.78, 5) is 25.3. The Morgan fingerprint density at radius 1 is 1.13 bits per heavy atom. The zero-order valence-corrected chi connectivity index (χ0v) is 14.2. The van der Waals surface area contributed by atoms with Gasteiger partial charge < -0.3 is 9.47 Å². The summed E-state index contributed by atoms with van der Waals surface area (Å²) in [5.74, 6) is 1.92. The third-order valence-corrected chi connectivity index (χ3v) is 4.03. The minimum absolute atomic E-state index is 0.0743. The van der Waals surface area contributed by atoms with Crippen LogP contribution in [0.25, 0.3) is 0 Å². The molecule has 0 radical (unpaired) electrons. The van der Waals surface area contributed by atoms with Crippen molar-refractivity contribution in [2.24, 2.45) is 0 Å². The lowest BCUT2D eigenvalue weighted by molar-refractivity contribution is -0.148. The monoisotopic (exact) mass is 323 g/mol. The smallest absolute Gasteiger partial charge is 0.411 e. The molecule has 0 saturated carbocycles. The second-order valence-corrected chi connectivity index (χ2v) is 5.90. The van der Waals surface area contributed by atoms with Gasteiger partial charge in [-0.25, -0.2) is 9.59 Å². The summed E-state index contributed by atoms with van der Waals surface area (Å²) in [6, 6.07) is -0.523. The highest BCUT2D eigenvalue weighted by Crippen LogP contribution is 2.19. The number of amides is 1. The Bertz CT molecular complexity index is 402. The van der Waals surface area contributed by atoms with E-state index in [9.17, 15) is 9.59 Å². The number of esters is 1. The molecule has 5 heteroatoms. The van der Waals surface area contributed by atoms with Gasteiger partial charge in [0.25, 0.3) is 0 Å². The van der Waals surface area contributed by atoms with Crippen molar-refractivity contribution in [1.29, 1.82) is 0 Å². The second kappa shape index (κ2) is 11.8. The maximum atomic E-state index is 12.1. The Morgan fingerprint density at radius 2 is 1.83 bits per heavy atom. The zero-order chi connectivity index (χ0) is 16.9. The van der Waals surface area contributed by atoms with Gasteiger partial charge in [0.05, 0.1) is 6.61 Å². The topological polar surface area (TPSA) is 55.8 Å². The number of hydrogen-bond donors (Lipinski definition) is 0. The standard InChI is InChI=1S/C18H29NO4/c1-3-5-6-7-8-9-10-15-22-17(20)16-12-11-13-19(16)18(21)23-14-4-2/h2,16H,3,5-15H2,1H3. The highest BCUT2D eigenvalue weighted by Gasteiger charge is 2.36. The Balaban J connectivity index is 2.18. The van der Waals surface area contributed by atoms with Gasteiger partial charge in [0.2, 0.25) is 0 Å². The fourth-order valence-electron chi connectivity index (χ4n) is 2.74. The Labute approximate surface area is 139 Å². The molecule has 1 rings (SSSR count). The minimum Gasteiger partial charge on any atom is -0.464 e. The molecule has 23 heavy (non-hydrogen) atoms. The van der Waals surface area contributed by atoms with Gasteiger partial charge in [-0.15, -0.1) is 6.42 Å². The molecule has 1 fully saturated rings. The number of likely N-dealkylation sites (tertiary alicyclic amines) is 1. The van der Waals surface area contributed by atoms with Gasteiger partial charge in [0.1, 0.15) is 6.04 Å². The molecule has 0 N–H and O–H groups in total. The molecule has 1 unspecified atom stereocenters. The molecular weight excluding hydrogens is 294 g/mol. The van der Waals surface area contributed by atoms with E-state index < -0.39 is 12.1 Å². The molecule has 5 nitrogen and oxygen atoms in total. The van der Waals surface area contributed by atoms with Crippen LogP contribution in [0.5, 0.6) is 0 Å². The van der Waals surface area contributed by atoms with Crippen LogP contribution in [-0.2, 0) is 14.3 Å². The number of carbonyl (C=O) groups excluding carboxylic acids is 2. The van der Waals surface area contributed by atoms with Crippen molar-refractivity contribution in [2.45, 2.75) is 70.8 Å². The van der Waals surface area contributed by atoms with Crippen molar-refractivity contribution in [1.82, 2.24) is 4.90 Å². The lowest BCUT2D eigenvalue weighted by atomic mass is 10.1. The van der Waals surface area contributed by atoms with Crippen molar-refractivity contribution < 1.29 is 19.1 Å². The number of ether oxygens (including phenoxy) is 2. The summed E-state index contributed by atoms with van der Waals surface area (Å²) in [7, 11) is 0. The van der Waals surface area contributed by atoms with E-state index in [0.29, 0.717) is 19.6 Å². The molecule has 0 spiro atoms. The van der Waals surface area contributed by atoms with Crippen LogP contribution in [0, 0.1) is 12.3 Å². The predicted molar refractivity (Wildman–Crippen MR) is 88.9 cm³/mol. The highest BCUT2D eigenvalue weighted by molar-refractivity contribution is 5.82. The van der Waals surface area contributed by atoms with Gasteiger partial charge in [-0.1, -0.05) is 51.4 Å². The van der Waals surface area contributed by atoms with E-state index in [2.05, 4.69) is 12.8 Å². The normalized spacial score (nSPS) is 16.9. The van der Waals surface area contributed by atoms with E-state index in [1.165, 1.54) is 37.0 Å². The third kappa shape index (κ3) is 7.40. The molecule has 0 aromatic carbocycles. The van der Waals surface area contributed by atoms with Gasteiger partial charge in [-0.3, -0.25) is 4.90 Å². The van der Waals surface area contributed by atoms with E-state index in [1.807, 2.05) is 0 Å². The van der Waals surface area contributed by atoms with Crippen molar-refractivity contribution in [2.75, 3.05) is 19.8 Å². The molecule has 1 atom stereocenters. The van der Waals surface area contributed by atoms with E-state index >= 15 is 0 Å². The Morgan fingerprint density at radius 3 is 2.52 bits per heavy atom.